The van der Waals surface area contributed by atoms with Crippen LogP contribution in [0.1, 0.15) is 6.92 Å². The summed E-state index contributed by atoms with van der Waals surface area (Å²) in [5.41, 5.74) is 1.34. The highest BCUT2D eigenvalue weighted by Gasteiger charge is 2.39. The second-order valence-corrected chi connectivity index (χ2v) is 2.02. The minimum Gasteiger partial charge on any atom is -0.273 e. The first-order valence-corrected chi connectivity index (χ1v) is 2.87. The number of hydrazine groups is 1. The lowest BCUT2D eigenvalue weighted by Crippen LogP contribution is -2.48. The van der Waals surface area contributed by atoms with E-state index in [1.54, 1.807) is 0 Å². The van der Waals surface area contributed by atoms with E-state index in [0.717, 1.165) is 14.0 Å². The van der Waals surface area contributed by atoms with Crippen LogP contribution in [-0.4, -0.2) is 30.0 Å². The van der Waals surface area contributed by atoms with E-state index in [1.807, 2.05) is 0 Å². The van der Waals surface area contributed by atoms with Crippen molar-refractivity contribution in [2.75, 3.05) is 7.05 Å². The fraction of sp³-hybridized carbons (Fsp3) is 0.600. The minimum absolute atomic E-state index is 0.454. The monoisotopic (exact) mass is 184 g/mol. The molecule has 4 nitrogen and oxygen atoms in total. The smallest absolute Gasteiger partial charge is 0.273 e. The molecule has 7 heteroatoms. The molecule has 0 saturated carbocycles. The van der Waals surface area contributed by atoms with E-state index in [1.165, 1.54) is 5.43 Å². The highest BCUT2D eigenvalue weighted by atomic mass is 19.4. The molecule has 0 aliphatic carbocycles. The summed E-state index contributed by atoms with van der Waals surface area (Å²) in [6, 6.07) is 0. The Morgan fingerprint density at radius 3 is 2.00 bits per heavy atom. The zero-order valence-electron chi connectivity index (χ0n) is 6.40. The number of nitrogens with zero attached hydrogens (tertiary/aromatic N) is 1. The van der Waals surface area contributed by atoms with E-state index < -0.39 is 18.0 Å². The Balaban J connectivity index is 4.11. The molecule has 0 atom stereocenters. The summed E-state index contributed by atoms with van der Waals surface area (Å²) in [5, 5.41) is 0.454. The molecule has 0 fully saturated rings. The predicted octanol–water partition coefficient (Wildman–Crippen LogP) is 0.0582. The van der Waals surface area contributed by atoms with Crippen LogP contribution < -0.4 is 5.43 Å². The van der Waals surface area contributed by atoms with E-state index in [4.69, 9.17) is 0 Å². The van der Waals surface area contributed by atoms with Crippen molar-refractivity contribution < 1.29 is 22.8 Å². The molecule has 0 heterocycles. The first-order chi connectivity index (χ1) is 5.25. The van der Waals surface area contributed by atoms with Crippen molar-refractivity contribution in [1.82, 2.24) is 10.4 Å². The molecular weight excluding hydrogens is 177 g/mol. The summed E-state index contributed by atoms with van der Waals surface area (Å²) in [4.78, 5) is 20.5. The second kappa shape index (κ2) is 3.42. The summed E-state index contributed by atoms with van der Waals surface area (Å²) in [6.45, 7) is 1.02. The minimum atomic E-state index is -4.97. The number of rotatable bonds is 0. The molecule has 2 amide bonds. The number of halogens is 3. The second-order valence-electron chi connectivity index (χ2n) is 2.02. The Labute approximate surface area is 66.3 Å². The molecule has 0 bridgehead atoms. The van der Waals surface area contributed by atoms with Crippen LogP contribution in [0.15, 0.2) is 0 Å². The number of amides is 2. The summed E-state index contributed by atoms with van der Waals surface area (Å²) in [6.07, 6.45) is -4.97. The molecule has 70 valence electrons. The number of hydrogen-bond donors (Lipinski definition) is 1. The van der Waals surface area contributed by atoms with Crippen molar-refractivity contribution in [3.8, 4) is 0 Å². The molecule has 12 heavy (non-hydrogen) atoms. The van der Waals surface area contributed by atoms with Crippen LogP contribution in [0.25, 0.3) is 0 Å². The maximum absolute atomic E-state index is 11.5. The van der Waals surface area contributed by atoms with E-state index in [0.29, 0.717) is 5.01 Å². The highest BCUT2D eigenvalue weighted by Crippen LogP contribution is 2.13. The molecule has 0 aliphatic rings. The summed E-state index contributed by atoms with van der Waals surface area (Å²) in [7, 11) is 1.02. The quantitative estimate of drug-likeness (QED) is 0.541. The molecule has 0 aromatic carbocycles. The first-order valence-electron chi connectivity index (χ1n) is 2.87. The van der Waals surface area contributed by atoms with Gasteiger partial charge in [0.05, 0.1) is 0 Å². The molecule has 0 aromatic rings. The lowest BCUT2D eigenvalue weighted by atomic mass is 10.6. The normalized spacial score (nSPS) is 10.8. The van der Waals surface area contributed by atoms with E-state index in [9.17, 15) is 22.8 Å². The zero-order chi connectivity index (χ0) is 9.94. The van der Waals surface area contributed by atoms with Gasteiger partial charge in [-0.05, 0) is 0 Å². The van der Waals surface area contributed by atoms with Crippen molar-refractivity contribution in [1.29, 1.82) is 0 Å². The van der Waals surface area contributed by atoms with Gasteiger partial charge in [0.15, 0.2) is 0 Å². The molecule has 0 rings (SSSR count). The molecule has 0 saturated heterocycles. The van der Waals surface area contributed by atoms with Crippen molar-refractivity contribution in [2.24, 2.45) is 0 Å². The van der Waals surface area contributed by atoms with Gasteiger partial charge in [-0.1, -0.05) is 0 Å². The largest absolute Gasteiger partial charge is 0.472 e. The molecule has 0 unspecified atom stereocenters. The van der Waals surface area contributed by atoms with Crippen LogP contribution >= 0.6 is 0 Å². The number of nitrogens with one attached hydrogen (secondary N) is 1. The Bertz CT molecular complexity index is 201. The number of hydrogen-bond acceptors (Lipinski definition) is 2. The maximum Gasteiger partial charge on any atom is 0.472 e. The van der Waals surface area contributed by atoms with Gasteiger partial charge in [0.1, 0.15) is 0 Å². The fourth-order valence-electron chi connectivity index (χ4n) is 0.294. The average Bonchev–Trinajstić information content (AvgIpc) is 1.85. The van der Waals surface area contributed by atoms with Crippen molar-refractivity contribution in [3.05, 3.63) is 0 Å². The van der Waals surface area contributed by atoms with Crippen LogP contribution in [0.5, 0.6) is 0 Å². The SMILES string of the molecule is CC(=O)N(C)NC(=O)C(F)(F)F. The summed E-state index contributed by atoms with van der Waals surface area (Å²) < 4.78 is 34.6. The van der Waals surface area contributed by atoms with E-state index in [2.05, 4.69) is 0 Å². The van der Waals surface area contributed by atoms with Gasteiger partial charge in [-0.2, -0.15) is 13.2 Å². The summed E-state index contributed by atoms with van der Waals surface area (Å²) >= 11 is 0. The Morgan fingerprint density at radius 2 is 1.75 bits per heavy atom. The van der Waals surface area contributed by atoms with Gasteiger partial charge in [-0.15, -0.1) is 0 Å². The van der Waals surface area contributed by atoms with Crippen LogP contribution in [-0.2, 0) is 9.59 Å². The summed E-state index contributed by atoms with van der Waals surface area (Å²) in [5.74, 6) is -2.85. The number of alkyl halides is 3. The lowest BCUT2D eigenvalue weighted by Gasteiger charge is -2.16. The third kappa shape index (κ3) is 3.22. The zero-order valence-corrected chi connectivity index (χ0v) is 6.40. The molecule has 0 aromatic heterocycles. The standard InChI is InChI=1S/C5H7F3N2O2/c1-3(11)10(2)9-4(12)5(6,7)8/h1-2H3,(H,9,12). The van der Waals surface area contributed by atoms with Crippen LogP contribution in [0.2, 0.25) is 0 Å². The Morgan fingerprint density at radius 1 is 1.33 bits per heavy atom. The van der Waals surface area contributed by atoms with Crippen LogP contribution in [0, 0.1) is 0 Å². The van der Waals surface area contributed by atoms with Gasteiger partial charge < -0.3 is 0 Å². The highest BCUT2D eigenvalue weighted by molar-refractivity contribution is 5.84. The number of carbonyl (C=O) groups is 2. The predicted molar refractivity (Wildman–Crippen MR) is 32.6 cm³/mol. The maximum atomic E-state index is 11.5. The Hall–Kier alpha value is -1.27. The van der Waals surface area contributed by atoms with Gasteiger partial charge in [0.2, 0.25) is 5.91 Å². The van der Waals surface area contributed by atoms with Gasteiger partial charge >= 0.3 is 12.1 Å². The molecule has 0 radical (unpaired) electrons. The molecule has 0 spiro atoms. The van der Waals surface area contributed by atoms with Gasteiger partial charge in [-0.3, -0.25) is 20.0 Å². The third-order valence-corrected chi connectivity index (χ3v) is 0.999. The first kappa shape index (κ1) is 10.7. The topological polar surface area (TPSA) is 49.4 Å². The average molecular weight is 184 g/mol. The fourth-order valence-corrected chi connectivity index (χ4v) is 0.294. The lowest BCUT2D eigenvalue weighted by molar-refractivity contribution is -0.179. The Kier molecular flexibility index (Phi) is 3.06. The van der Waals surface area contributed by atoms with Gasteiger partial charge in [0, 0.05) is 14.0 Å². The molecule has 0 aliphatic heterocycles. The van der Waals surface area contributed by atoms with E-state index in [-0.39, 0.29) is 0 Å². The van der Waals surface area contributed by atoms with Crippen molar-refractivity contribution in [3.63, 3.8) is 0 Å². The van der Waals surface area contributed by atoms with E-state index >= 15 is 0 Å². The van der Waals surface area contributed by atoms with Crippen molar-refractivity contribution >= 4 is 11.8 Å². The molecule has 1 N–H and O–H groups in total. The van der Waals surface area contributed by atoms with Gasteiger partial charge in [0.25, 0.3) is 0 Å². The van der Waals surface area contributed by atoms with Crippen molar-refractivity contribution in [2.45, 2.75) is 13.1 Å². The van der Waals surface area contributed by atoms with Crippen LogP contribution in [0.4, 0.5) is 13.2 Å². The van der Waals surface area contributed by atoms with Crippen LogP contribution in [0.3, 0.4) is 0 Å². The molecular formula is C5H7F3N2O2. The number of carbonyl (C=O) groups excluding carboxylic acids is 2. The van der Waals surface area contributed by atoms with Gasteiger partial charge in [-0.25, -0.2) is 0 Å². The third-order valence-electron chi connectivity index (χ3n) is 0.999.